The Morgan fingerprint density at radius 2 is 1.86 bits per heavy atom. The number of hydrogen-bond acceptors (Lipinski definition) is 3. The molecule has 0 radical (unpaired) electrons. The maximum Gasteiger partial charge on any atom is 0.221 e. The van der Waals surface area contributed by atoms with Crippen molar-refractivity contribution in [2.24, 2.45) is 0 Å². The zero-order valence-electron chi connectivity index (χ0n) is 11.3. The lowest BCUT2D eigenvalue weighted by Crippen LogP contribution is -1.90. The molecule has 0 atom stereocenters. The summed E-state index contributed by atoms with van der Waals surface area (Å²) in [7, 11) is 0. The van der Waals surface area contributed by atoms with Crippen LogP contribution in [-0.2, 0) is 0 Å². The summed E-state index contributed by atoms with van der Waals surface area (Å²) >= 11 is 0. The van der Waals surface area contributed by atoms with Crippen molar-refractivity contribution in [2.45, 2.75) is 0 Å². The van der Waals surface area contributed by atoms with Gasteiger partial charge in [0.15, 0.2) is 5.76 Å². The Balaban J connectivity index is 1.77. The van der Waals surface area contributed by atoms with Crippen LogP contribution < -0.4 is 0 Å². The maximum absolute atomic E-state index is 12.1. The SMILES string of the molecule is O=C(C=Cc1cccnc1)c1ccc(-c2ccccc2)o1. The molecular formula is C18H13NO2. The molecule has 0 amide bonds. The van der Waals surface area contributed by atoms with Crippen LogP contribution >= 0.6 is 0 Å². The van der Waals surface area contributed by atoms with Crippen molar-refractivity contribution in [3.63, 3.8) is 0 Å². The summed E-state index contributed by atoms with van der Waals surface area (Å²) in [6.45, 7) is 0. The molecule has 0 unspecified atom stereocenters. The Labute approximate surface area is 122 Å². The molecule has 0 aliphatic carbocycles. The fourth-order valence-corrected chi connectivity index (χ4v) is 1.96. The van der Waals surface area contributed by atoms with E-state index in [1.165, 1.54) is 6.08 Å². The van der Waals surface area contributed by atoms with E-state index in [1.54, 1.807) is 30.6 Å². The van der Waals surface area contributed by atoms with Gasteiger partial charge in [0, 0.05) is 18.0 Å². The number of carbonyl (C=O) groups excluding carboxylic acids is 1. The first kappa shape index (κ1) is 13.1. The molecule has 0 bridgehead atoms. The minimum Gasteiger partial charge on any atom is -0.453 e. The molecule has 0 aliphatic rings. The van der Waals surface area contributed by atoms with Crippen LogP contribution in [0.4, 0.5) is 0 Å². The molecule has 21 heavy (non-hydrogen) atoms. The molecule has 2 heterocycles. The van der Waals surface area contributed by atoms with Crippen LogP contribution in [0.2, 0.25) is 0 Å². The highest BCUT2D eigenvalue weighted by molar-refractivity contribution is 6.05. The molecule has 0 N–H and O–H groups in total. The lowest BCUT2D eigenvalue weighted by atomic mass is 10.2. The molecule has 3 nitrogen and oxygen atoms in total. The van der Waals surface area contributed by atoms with Crippen LogP contribution in [0.5, 0.6) is 0 Å². The highest BCUT2D eigenvalue weighted by atomic mass is 16.3. The Hall–Kier alpha value is -2.94. The minimum atomic E-state index is -0.166. The molecular weight excluding hydrogens is 262 g/mol. The monoisotopic (exact) mass is 275 g/mol. The number of ketones is 1. The zero-order chi connectivity index (χ0) is 14.5. The van der Waals surface area contributed by atoms with E-state index in [4.69, 9.17) is 4.42 Å². The molecule has 102 valence electrons. The first-order valence-corrected chi connectivity index (χ1v) is 6.60. The number of allylic oxidation sites excluding steroid dienone is 1. The largest absolute Gasteiger partial charge is 0.453 e. The van der Waals surface area contributed by atoms with Crippen molar-refractivity contribution in [2.75, 3.05) is 0 Å². The summed E-state index contributed by atoms with van der Waals surface area (Å²) < 4.78 is 5.60. The van der Waals surface area contributed by atoms with E-state index in [2.05, 4.69) is 4.98 Å². The van der Waals surface area contributed by atoms with Crippen LogP contribution in [-0.4, -0.2) is 10.8 Å². The molecule has 0 aliphatic heterocycles. The lowest BCUT2D eigenvalue weighted by molar-refractivity contribution is 0.102. The third-order valence-corrected chi connectivity index (χ3v) is 3.02. The Morgan fingerprint density at radius 1 is 1.00 bits per heavy atom. The standard InChI is InChI=1S/C18H13NO2/c20-16(9-8-14-5-4-12-19-13-14)18-11-10-17(21-18)15-6-2-1-3-7-15/h1-13H. The number of hydrogen-bond donors (Lipinski definition) is 0. The van der Waals surface area contributed by atoms with Crippen LogP contribution in [0, 0.1) is 0 Å². The lowest BCUT2D eigenvalue weighted by Gasteiger charge is -1.95. The number of benzene rings is 1. The summed E-state index contributed by atoms with van der Waals surface area (Å²) in [4.78, 5) is 16.1. The van der Waals surface area contributed by atoms with E-state index in [9.17, 15) is 4.79 Å². The van der Waals surface area contributed by atoms with E-state index in [0.29, 0.717) is 11.5 Å². The Morgan fingerprint density at radius 3 is 2.62 bits per heavy atom. The van der Waals surface area contributed by atoms with Gasteiger partial charge in [-0.3, -0.25) is 9.78 Å². The van der Waals surface area contributed by atoms with Crippen LogP contribution in [0.3, 0.4) is 0 Å². The highest BCUT2D eigenvalue weighted by Gasteiger charge is 2.09. The topological polar surface area (TPSA) is 43.1 Å². The quantitative estimate of drug-likeness (QED) is 0.528. The number of furan rings is 1. The van der Waals surface area contributed by atoms with Crippen molar-refractivity contribution < 1.29 is 9.21 Å². The van der Waals surface area contributed by atoms with Gasteiger partial charge >= 0.3 is 0 Å². The van der Waals surface area contributed by atoms with Gasteiger partial charge in [-0.25, -0.2) is 0 Å². The van der Waals surface area contributed by atoms with Gasteiger partial charge in [0.2, 0.25) is 5.78 Å². The fourth-order valence-electron chi connectivity index (χ4n) is 1.96. The molecule has 0 fully saturated rings. The third-order valence-electron chi connectivity index (χ3n) is 3.02. The van der Waals surface area contributed by atoms with Crippen molar-refractivity contribution in [1.82, 2.24) is 4.98 Å². The van der Waals surface area contributed by atoms with Crippen LogP contribution in [0.15, 0.2) is 77.5 Å². The van der Waals surface area contributed by atoms with Gasteiger partial charge < -0.3 is 4.42 Å². The molecule has 3 aromatic rings. The van der Waals surface area contributed by atoms with E-state index in [1.807, 2.05) is 42.5 Å². The van der Waals surface area contributed by atoms with Crippen molar-refractivity contribution >= 4 is 11.9 Å². The first-order chi connectivity index (χ1) is 10.3. The summed E-state index contributed by atoms with van der Waals surface area (Å²) in [6.07, 6.45) is 6.60. The predicted molar refractivity (Wildman–Crippen MR) is 81.7 cm³/mol. The summed E-state index contributed by atoms with van der Waals surface area (Å²) in [6, 6.07) is 16.9. The van der Waals surface area contributed by atoms with Gasteiger partial charge in [0.05, 0.1) is 0 Å². The molecule has 3 rings (SSSR count). The van der Waals surface area contributed by atoms with Gasteiger partial charge in [0.1, 0.15) is 5.76 Å². The number of rotatable bonds is 4. The predicted octanol–water partition coefficient (Wildman–Crippen LogP) is 4.24. The van der Waals surface area contributed by atoms with Gasteiger partial charge in [-0.05, 0) is 35.9 Å². The van der Waals surface area contributed by atoms with Gasteiger partial charge in [-0.1, -0.05) is 36.4 Å². The van der Waals surface area contributed by atoms with Crippen molar-refractivity contribution in [1.29, 1.82) is 0 Å². The number of pyridine rings is 1. The second-order valence-electron chi connectivity index (χ2n) is 4.51. The van der Waals surface area contributed by atoms with Crippen LogP contribution in [0.25, 0.3) is 17.4 Å². The number of aromatic nitrogens is 1. The first-order valence-electron chi connectivity index (χ1n) is 6.60. The second kappa shape index (κ2) is 6.01. The normalized spacial score (nSPS) is 10.9. The van der Waals surface area contributed by atoms with Crippen molar-refractivity contribution in [3.05, 3.63) is 84.4 Å². The second-order valence-corrected chi connectivity index (χ2v) is 4.51. The molecule has 0 saturated carbocycles. The van der Waals surface area contributed by atoms with Crippen LogP contribution in [0.1, 0.15) is 16.1 Å². The maximum atomic E-state index is 12.1. The van der Waals surface area contributed by atoms with Gasteiger partial charge in [-0.2, -0.15) is 0 Å². The third kappa shape index (κ3) is 3.15. The molecule has 0 spiro atoms. The molecule has 0 saturated heterocycles. The minimum absolute atomic E-state index is 0.166. The fraction of sp³-hybridized carbons (Fsp3) is 0. The van der Waals surface area contributed by atoms with E-state index in [-0.39, 0.29) is 5.78 Å². The Kier molecular flexibility index (Phi) is 3.74. The summed E-state index contributed by atoms with van der Waals surface area (Å²) in [5.41, 5.74) is 1.83. The van der Waals surface area contributed by atoms with Crippen molar-refractivity contribution in [3.8, 4) is 11.3 Å². The van der Waals surface area contributed by atoms with E-state index in [0.717, 1.165) is 11.1 Å². The Bertz CT molecular complexity index is 758. The molecule has 3 heteroatoms. The van der Waals surface area contributed by atoms with Gasteiger partial charge in [-0.15, -0.1) is 0 Å². The smallest absolute Gasteiger partial charge is 0.221 e. The molecule has 1 aromatic carbocycles. The highest BCUT2D eigenvalue weighted by Crippen LogP contribution is 2.22. The summed E-state index contributed by atoms with van der Waals surface area (Å²) in [5.74, 6) is 0.851. The molecule has 2 aromatic heterocycles. The number of carbonyl (C=O) groups is 1. The number of nitrogens with zero attached hydrogens (tertiary/aromatic N) is 1. The average Bonchev–Trinajstić information content (AvgIpc) is 3.04. The van der Waals surface area contributed by atoms with E-state index < -0.39 is 0 Å². The summed E-state index contributed by atoms with van der Waals surface area (Å²) in [5, 5.41) is 0. The van der Waals surface area contributed by atoms with Gasteiger partial charge in [0.25, 0.3) is 0 Å². The van der Waals surface area contributed by atoms with E-state index >= 15 is 0 Å². The zero-order valence-corrected chi connectivity index (χ0v) is 11.3. The average molecular weight is 275 g/mol.